The van der Waals surface area contributed by atoms with Crippen LogP contribution in [-0.4, -0.2) is 29.0 Å². The summed E-state index contributed by atoms with van der Waals surface area (Å²) >= 11 is 0. The second-order valence-electron chi connectivity index (χ2n) is 3.40. The molecule has 0 spiro atoms. The highest BCUT2D eigenvalue weighted by atomic mass is 16.3. The molecular formula is C11H17NO3. The first kappa shape index (κ1) is 12.0. The Morgan fingerprint density at radius 1 is 1.33 bits per heavy atom. The van der Waals surface area contributed by atoms with Gasteiger partial charge in [-0.25, -0.2) is 0 Å². The van der Waals surface area contributed by atoms with Crippen molar-refractivity contribution in [2.24, 2.45) is 0 Å². The Hall–Kier alpha value is -1.10. The van der Waals surface area contributed by atoms with Crippen LogP contribution >= 0.6 is 0 Å². The van der Waals surface area contributed by atoms with E-state index in [0.717, 1.165) is 5.56 Å². The molecule has 1 aromatic carbocycles. The predicted molar refractivity (Wildman–Crippen MR) is 57.5 cm³/mol. The van der Waals surface area contributed by atoms with Gasteiger partial charge in [-0.2, -0.15) is 0 Å². The van der Waals surface area contributed by atoms with E-state index < -0.39 is 0 Å². The smallest absolute Gasteiger partial charge is 0.121 e. The van der Waals surface area contributed by atoms with Crippen LogP contribution < -0.4 is 5.32 Å². The Balaban J connectivity index is 2.92. The monoisotopic (exact) mass is 211 g/mol. The molecule has 0 heterocycles. The van der Waals surface area contributed by atoms with Crippen molar-refractivity contribution in [1.82, 2.24) is 5.32 Å². The fourth-order valence-corrected chi connectivity index (χ4v) is 1.56. The highest BCUT2D eigenvalue weighted by Crippen LogP contribution is 2.23. The van der Waals surface area contributed by atoms with Crippen LogP contribution in [0.15, 0.2) is 18.2 Å². The molecule has 0 fully saturated rings. The van der Waals surface area contributed by atoms with Crippen molar-refractivity contribution in [2.75, 3.05) is 13.7 Å². The fraction of sp³-hybridized carbons (Fsp3) is 0.455. The van der Waals surface area contributed by atoms with Crippen molar-refractivity contribution in [2.45, 2.75) is 19.1 Å². The van der Waals surface area contributed by atoms with E-state index in [1.807, 2.05) is 7.05 Å². The molecule has 0 radical (unpaired) electrons. The van der Waals surface area contributed by atoms with Gasteiger partial charge in [-0.3, -0.25) is 0 Å². The lowest BCUT2D eigenvalue weighted by molar-refractivity contribution is 0.267. The second kappa shape index (κ2) is 5.70. The Labute approximate surface area is 89.2 Å². The van der Waals surface area contributed by atoms with E-state index in [1.54, 1.807) is 18.2 Å². The summed E-state index contributed by atoms with van der Waals surface area (Å²) in [6.45, 7) is -0.0872. The van der Waals surface area contributed by atoms with Crippen LogP contribution in [0.5, 0.6) is 5.75 Å². The highest BCUT2D eigenvalue weighted by Gasteiger charge is 2.10. The van der Waals surface area contributed by atoms with E-state index in [-0.39, 0.29) is 25.0 Å². The Morgan fingerprint density at radius 2 is 2.07 bits per heavy atom. The maximum absolute atomic E-state index is 9.39. The van der Waals surface area contributed by atoms with E-state index in [2.05, 4.69) is 5.32 Å². The highest BCUT2D eigenvalue weighted by molar-refractivity contribution is 5.36. The average molecular weight is 211 g/mol. The molecule has 1 rings (SSSR count). The van der Waals surface area contributed by atoms with Gasteiger partial charge < -0.3 is 20.6 Å². The average Bonchev–Trinajstić information content (AvgIpc) is 2.27. The molecule has 0 saturated heterocycles. The van der Waals surface area contributed by atoms with E-state index in [4.69, 9.17) is 10.2 Å². The SMILES string of the molecule is CNC(CCO)c1ccc(O)c(CO)c1. The van der Waals surface area contributed by atoms with Gasteiger partial charge in [0.05, 0.1) is 6.61 Å². The van der Waals surface area contributed by atoms with Crippen molar-refractivity contribution in [3.8, 4) is 5.75 Å². The standard InChI is InChI=1S/C11H17NO3/c1-12-10(4-5-13)8-2-3-11(15)9(6-8)7-14/h2-3,6,10,12-15H,4-5,7H2,1H3. The molecule has 0 amide bonds. The van der Waals surface area contributed by atoms with Gasteiger partial charge in [0, 0.05) is 18.2 Å². The zero-order valence-corrected chi connectivity index (χ0v) is 8.77. The summed E-state index contributed by atoms with van der Waals surface area (Å²) in [6, 6.07) is 5.13. The quantitative estimate of drug-likeness (QED) is 0.573. The first-order valence-electron chi connectivity index (χ1n) is 4.93. The van der Waals surface area contributed by atoms with Crippen molar-refractivity contribution < 1.29 is 15.3 Å². The largest absolute Gasteiger partial charge is 0.508 e. The predicted octanol–water partition coefficient (Wildman–Crippen LogP) is 0.527. The summed E-state index contributed by atoms with van der Waals surface area (Å²) in [6.07, 6.45) is 0.603. The van der Waals surface area contributed by atoms with Crippen LogP contribution in [0.25, 0.3) is 0 Å². The normalized spacial score (nSPS) is 12.7. The third kappa shape index (κ3) is 2.92. The number of aromatic hydroxyl groups is 1. The molecule has 84 valence electrons. The van der Waals surface area contributed by atoms with Crippen molar-refractivity contribution in [3.05, 3.63) is 29.3 Å². The van der Waals surface area contributed by atoms with Gasteiger partial charge in [0.15, 0.2) is 0 Å². The van der Waals surface area contributed by atoms with E-state index >= 15 is 0 Å². The van der Waals surface area contributed by atoms with Gasteiger partial charge in [-0.1, -0.05) is 6.07 Å². The van der Waals surface area contributed by atoms with E-state index in [9.17, 15) is 5.11 Å². The number of aliphatic hydroxyl groups is 2. The summed E-state index contributed by atoms with van der Waals surface area (Å²) < 4.78 is 0. The van der Waals surface area contributed by atoms with Gasteiger partial charge in [0.25, 0.3) is 0 Å². The molecule has 4 N–H and O–H groups in total. The molecule has 0 bridgehead atoms. The number of nitrogens with one attached hydrogen (secondary N) is 1. The maximum Gasteiger partial charge on any atom is 0.121 e. The number of aliphatic hydroxyl groups excluding tert-OH is 2. The minimum absolute atomic E-state index is 0.0425. The van der Waals surface area contributed by atoms with Crippen molar-refractivity contribution >= 4 is 0 Å². The minimum atomic E-state index is -0.185. The molecular weight excluding hydrogens is 194 g/mol. The third-order valence-electron chi connectivity index (χ3n) is 2.44. The second-order valence-corrected chi connectivity index (χ2v) is 3.40. The van der Waals surface area contributed by atoms with Crippen LogP contribution in [0.4, 0.5) is 0 Å². The summed E-state index contributed by atoms with van der Waals surface area (Å²) in [7, 11) is 1.81. The van der Waals surface area contributed by atoms with E-state index in [0.29, 0.717) is 12.0 Å². The molecule has 0 aromatic heterocycles. The molecule has 1 unspecified atom stereocenters. The van der Waals surface area contributed by atoms with Crippen LogP contribution in [0.1, 0.15) is 23.6 Å². The number of rotatable bonds is 5. The molecule has 0 saturated carbocycles. The van der Waals surface area contributed by atoms with Crippen molar-refractivity contribution in [1.29, 1.82) is 0 Å². The first-order chi connectivity index (χ1) is 7.22. The zero-order valence-electron chi connectivity index (χ0n) is 8.77. The molecule has 0 aliphatic heterocycles. The van der Waals surface area contributed by atoms with E-state index in [1.165, 1.54) is 0 Å². The molecule has 4 heteroatoms. The lowest BCUT2D eigenvalue weighted by atomic mass is 10.0. The fourth-order valence-electron chi connectivity index (χ4n) is 1.56. The van der Waals surface area contributed by atoms with Gasteiger partial charge in [0.1, 0.15) is 5.75 Å². The maximum atomic E-state index is 9.39. The Morgan fingerprint density at radius 3 is 2.60 bits per heavy atom. The van der Waals surface area contributed by atoms with Gasteiger partial charge in [0.2, 0.25) is 0 Å². The van der Waals surface area contributed by atoms with Crippen LogP contribution in [0.3, 0.4) is 0 Å². The lowest BCUT2D eigenvalue weighted by Gasteiger charge is -2.16. The molecule has 1 atom stereocenters. The van der Waals surface area contributed by atoms with Gasteiger partial charge in [-0.05, 0) is 31.2 Å². The zero-order chi connectivity index (χ0) is 11.3. The summed E-state index contributed by atoms with van der Waals surface area (Å²) in [5.74, 6) is 0.0973. The van der Waals surface area contributed by atoms with Crippen LogP contribution in [0.2, 0.25) is 0 Å². The third-order valence-corrected chi connectivity index (χ3v) is 2.44. The Kier molecular flexibility index (Phi) is 4.55. The number of hydrogen-bond acceptors (Lipinski definition) is 4. The topological polar surface area (TPSA) is 72.7 Å². The number of benzene rings is 1. The van der Waals surface area contributed by atoms with Crippen LogP contribution in [0, 0.1) is 0 Å². The first-order valence-corrected chi connectivity index (χ1v) is 4.93. The number of hydrogen-bond donors (Lipinski definition) is 4. The summed E-state index contributed by atoms with van der Waals surface area (Å²) in [4.78, 5) is 0. The molecule has 0 aliphatic rings. The molecule has 4 nitrogen and oxygen atoms in total. The molecule has 0 aliphatic carbocycles. The van der Waals surface area contributed by atoms with Gasteiger partial charge in [-0.15, -0.1) is 0 Å². The van der Waals surface area contributed by atoms with Crippen LogP contribution in [-0.2, 0) is 6.61 Å². The molecule has 1 aromatic rings. The van der Waals surface area contributed by atoms with Gasteiger partial charge >= 0.3 is 0 Å². The summed E-state index contributed by atoms with van der Waals surface area (Å²) in [5.41, 5.74) is 1.46. The Bertz CT molecular complexity index is 315. The lowest BCUT2D eigenvalue weighted by Crippen LogP contribution is -2.17. The molecule has 15 heavy (non-hydrogen) atoms. The summed E-state index contributed by atoms with van der Waals surface area (Å²) in [5, 5.41) is 30.3. The number of phenols is 1. The van der Waals surface area contributed by atoms with Crippen molar-refractivity contribution in [3.63, 3.8) is 0 Å². The minimum Gasteiger partial charge on any atom is -0.508 e.